The Bertz CT molecular complexity index is 1180. The van der Waals surface area contributed by atoms with Gasteiger partial charge in [-0.15, -0.1) is 0 Å². The lowest BCUT2D eigenvalue weighted by atomic mass is 10.1. The molecule has 0 bridgehead atoms. The topological polar surface area (TPSA) is 147 Å². The van der Waals surface area contributed by atoms with Gasteiger partial charge in [-0.1, -0.05) is 6.07 Å². The van der Waals surface area contributed by atoms with Crippen LogP contribution in [0.4, 0.5) is 17.3 Å². The Morgan fingerprint density at radius 2 is 2.21 bits per heavy atom. The van der Waals surface area contributed by atoms with E-state index in [1.54, 1.807) is 30.1 Å². The van der Waals surface area contributed by atoms with Crippen molar-refractivity contribution in [3.63, 3.8) is 0 Å². The number of aliphatic hydroxyl groups is 1. The van der Waals surface area contributed by atoms with Gasteiger partial charge in [0.2, 0.25) is 12.3 Å². The van der Waals surface area contributed by atoms with Gasteiger partial charge in [0.05, 0.1) is 23.9 Å². The molecule has 4 heterocycles. The molecule has 2 aromatic rings. The van der Waals surface area contributed by atoms with Crippen LogP contribution >= 0.6 is 0 Å². The van der Waals surface area contributed by atoms with Crippen LogP contribution in [0.2, 0.25) is 0 Å². The number of carbonyl (C=O) groups excluding carboxylic acids is 2. The predicted octanol–water partition coefficient (Wildman–Crippen LogP) is 1.24. The van der Waals surface area contributed by atoms with Gasteiger partial charge in [0.25, 0.3) is 0 Å². The highest BCUT2D eigenvalue weighted by Crippen LogP contribution is 2.22. The number of ether oxygens (including phenoxy) is 1. The molecule has 2 saturated heterocycles. The SMILES string of the molecule is CN1CCN(Cc2ccc(N(C)C(O)Nc3cc(NCC4CCCCO4)c(C#N)cn3)nc2C=O)C(=O)C1. The number of nitrogens with one attached hydrogen (secondary N) is 2. The number of amides is 1. The number of hydrogen-bond acceptors (Lipinski definition) is 11. The Hall–Kier alpha value is -3.79. The monoisotopic (exact) mass is 522 g/mol. The van der Waals surface area contributed by atoms with E-state index in [1.165, 1.54) is 11.1 Å². The average Bonchev–Trinajstić information content (AvgIpc) is 2.93. The third-order valence-electron chi connectivity index (χ3n) is 6.80. The molecule has 2 fully saturated rings. The molecule has 2 aliphatic rings. The Morgan fingerprint density at radius 1 is 1.37 bits per heavy atom. The molecule has 4 rings (SSSR count). The van der Waals surface area contributed by atoms with Crippen LogP contribution in [0.15, 0.2) is 24.4 Å². The van der Waals surface area contributed by atoms with Gasteiger partial charge in [0.1, 0.15) is 23.4 Å². The number of likely N-dealkylation sites (N-methyl/N-ethyl adjacent to an activating group) is 1. The fourth-order valence-corrected chi connectivity index (χ4v) is 4.44. The van der Waals surface area contributed by atoms with Crippen molar-refractivity contribution in [2.24, 2.45) is 0 Å². The minimum absolute atomic E-state index is 0.00598. The quantitative estimate of drug-likeness (QED) is 0.306. The van der Waals surface area contributed by atoms with E-state index < -0.39 is 6.35 Å². The summed E-state index contributed by atoms with van der Waals surface area (Å²) in [7, 11) is 3.52. The molecule has 202 valence electrons. The fraction of sp³-hybridized carbons (Fsp3) is 0.500. The standard InChI is InChI=1S/C26H34N8O4/c1-32-8-9-34(25(36)16-32)15-18-6-7-24(30-22(18)17-35)33(2)26(37)31-23-11-21(19(12-27)13-29-23)28-14-20-5-3-4-10-38-20/h6-7,11,13,17,20,26,37H,3-5,8-10,14-16H2,1-2H3,(H2,28,29,31). The number of piperazine rings is 1. The van der Waals surface area contributed by atoms with Crippen LogP contribution in [0.3, 0.4) is 0 Å². The Balaban J connectivity index is 1.41. The minimum atomic E-state index is -1.22. The molecule has 0 radical (unpaired) electrons. The highest BCUT2D eigenvalue weighted by atomic mass is 16.5. The number of aliphatic hydroxyl groups excluding tert-OH is 1. The number of aldehydes is 1. The highest BCUT2D eigenvalue weighted by Gasteiger charge is 2.23. The highest BCUT2D eigenvalue weighted by molar-refractivity contribution is 5.80. The number of aromatic nitrogens is 2. The number of hydrogen-bond donors (Lipinski definition) is 3. The molecule has 12 nitrogen and oxygen atoms in total. The molecule has 2 aliphatic heterocycles. The number of pyridine rings is 2. The molecule has 2 aromatic heterocycles. The summed E-state index contributed by atoms with van der Waals surface area (Å²) in [6, 6.07) is 7.23. The fourth-order valence-electron chi connectivity index (χ4n) is 4.44. The number of nitriles is 1. The van der Waals surface area contributed by atoms with Crippen molar-refractivity contribution in [2.75, 3.05) is 62.4 Å². The van der Waals surface area contributed by atoms with E-state index in [-0.39, 0.29) is 17.7 Å². The van der Waals surface area contributed by atoms with Crippen molar-refractivity contribution < 1.29 is 19.4 Å². The van der Waals surface area contributed by atoms with Gasteiger partial charge in [0.15, 0.2) is 6.29 Å². The van der Waals surface area contributed by atoms with E-state index in [1.807, 2.05) is 11.9 Å². The van der Waals surface area contributed by atoms with Gasteiger partial charge >= 0.3 is 0 Å². The first-order valence-electron chi connectivity index (χ1n) is 12.7. The van der Waals surface area contributed by atoms with E-state index in [0.29, 0.717) is 60.9 Å². The zero-order chi connectivity index (χ0) is 27.1. The van der Waals surface area contributed by atoms with Crippen molar-refractivity contribution >= 4 is 29.5 Å². The van der Waals surface area contributed by atoms with Gasteiger partial charge in [-0.05, 0) is 32.4 Å². The summed E-state index contributed by atoms with van der Waals surface area (Å²) in [5.74, 6) is 0.727. The van der Waals surface area contributed by atoms with Crippen LogP contribution in [0.5, 0.6) is 0 Å². The first-order valence-corrected chi connectivity index (χ1v) is 12.7. The van der Waals surface area contributed by atoms with Crippen LogP contribution in [-0.2, 0) is 16.1 Å². The van der Waals surface area contributed by atoms with Crippen molar-refractivity contribution in [2.45, 2.75) is 38.3 Å². The van der Waals surface area contributed by atoms with Crippen molar-refractivity contribution in [3.8, 4) is 6.07 Å². The van der Waals surface area contributed by atoms with Gasteiger partial charge in [0, 0.05) is 57.7 Å². The Labute approximate surface area is 222 Å². The summed E-state index contributed by atoms with van der Waals surface area (Å²) in [6.07, 6.45) is 4.12. The number of carbonyl (C=O) groups is 2. The maximum atomic E-state index is 12.3. The normalized spacial score (nSPS) is 18.9. The first-order chi connectivity index (χ1) is 18.4. The van der Waals surface area contributed by atoms with E-state index in [4.69, 9.17) is 4.74 Å². The Morgan fingerprint density at radius 3 is 2.92 bits per heavy atom. The second-order valence-corrected chi connectivity index (χ2v) is 9.61. The second-order valence-electron chi connectivity index (χ2n) is 9.61. The van der Waals surface area contributed by atoms with Gasteiger partial charge in [-0.2, -0.15) is 5.26 Å². The minimum Gasteiger partial charge on any atom is -0.381 e. The molecule has 38 heavy (non-hydrogen) atoms. The second kappa shape index (κ2) is 12.6. The van der Waals surface area contributed by atoms with Gasteiger partial charge in [-0.25, -0.2) is 9.97 Å². The maximum absolute atomic E-state index is 12.3. The van der Waals surface area contributed by atoms with Gasteiger partial charge in [-0.3, -0.25) is 14.5 Å². The summed E-state index contributed by atoms with van der Waals surface area (Å²) >= 11 is 0. The average molecular weight is 523 g/mol. The molecule has 3 N–H and O–H groups in total. The smallest absolute Gasteiger partial charge is 0.237 e. The summed E-state index contributed by atoms with van der Waals surface area (Å²) in [4.78, 5) is 37.9. The maximum Gasteiger partial charge on any atom is 0.237 e. The molecule has 2 unspecified atom stereocenters. The van der Waals surface area contributed by atoms with Crippen molar-refractivity contribution in [3.05, 3.63) is 41.2 Å². The predicted molar refractivity (Wildman–Crippen MR) is 142 cm³/mol. The van der Waals surface area contributed by atoms with Crippen LogP contribution in [0.25, 0.3) is 0 Å². The lowest BCUT2D eigenvalue weighted by Gasteiger charge is -2.32. The molecular weight excluding hydrogens is 488 g/mol. The number of rotatable bonds is 10. The summed E-state index contributed by atoms with van der Waals surface area (Å²) in [5, 5.41) is 26.4. The van der Waals surface area contributed by atoms with Gasteiger partial charge < -0.3 is 30.3 Å². The van der Waals surface area contributed by atoms with Crippen LogP contribution in [-0.4, -0.2) is 96.4 Å². The summed E-state index contributed by atoms with van der Waals surface area (Å²) < 4.78 is 5.75. The molecular formula is C26H34N8O4. The summed E-state index contributed by atoms with van der Waals surface area (Å²) in [5.41, 5.74) is 1.84. The van der Waals surface area contributed by atoms with Crippen LogP contribution in [0.1, 0.15) is 40.9 Å². The number of anilines is 3. The largest absolute Gasteiger partial charge is 0.381 e. The first kappa shape index (κ1) is 27.3. The van der Waals surface area contributed by atoms with Crippen molar-refractivity contribution in [1.29, 1.82) is 5.26 Å². The van der Waals surface area contributed by atoms with E-state index >= 15 is 0 Å². The molecule has 2 atom stereocenters. The molecule has 0 aliphatic carbocycles. The zero-order valence-corrected chi connectivity index (χ0v) is 21.8. The molecule has 0 spiro atoms. The third-order valence-corrected chi connectivity index (χ3v) is 6.80. The lowest BCUT2D eigenvalue weighted by molar-refractivity contribution is -0.136. The van der Waals surface area contributed by atoms with Crippen LogP contribution in [0, 0.1) is 11.3 Å². The molecule has 0 saturated carbocycles. The molecule has 1 amide bonds. The molecule has 12 heteroatoms. The van der Waals surface area contributed by atoms with E-state index in [2.05, 4.69) is 26.7 Å². The van der Waals surface area contributed by atoms with Crippen molar-refractivity contribution in [1.82, 2.24) is 19.8 Å². The molecule has 0 aromatic carbocycles. The number of nitrogens with zero attached hydrogens (tertiary/aromatic N) is 6. The third kappa shape index (κ3) is 6.74. The van der Waals surface area contributed by atoms with Crippen LogP contribution < -0.4 is 15.5 Å². The Kier molecular flexibility index (Phi) is 9.06. The van der Waals surface area contributed by atoms with E-state index in [9.17, 15) is 20.0 Å². The zero-order valence-electron chi connectivity index (χ0n) is 21.8. The summed E-state index contributed by atoms with van der Waals surface area (Å²) in [6.45, 7) is 3.31. The lowest BCUT2D eigenvalue weighted by Crippen LogP contribution is -2.48. The van der Waals surface area contributed by atoms with E-state index in [0.717, 1.165) is 32.4 Å².